The van der Waals surface area contributed by atoms with Crippen molar-refractivity contribution in [1.29, 1.82) is 0 Å². The lowest BCUT2D eigenvalue weighted by Gasteiger charge is -2.14. The fourth-order valence-electron chi connectivity index (χ4n) is 6.99. The third kappa shape index (κ3) is 5.52. The Kier molecular flexibility index (Phi) is 7.22. The number of hydrogen-bond donors (Lipinski definition) is 0. The van der Waals surface area contributed by atoms with Crippen LogP contribution < -0.4 is 0 Å². The Bertz CT molecular complexity index is 2560. The molecule has 1 heteroatoms. The van der Waals surface area contributed by atoms with Crippen LogP contribution in [0.15, 0.2) is 199 Å². The molecule has 0 unspecified atom stereocenters. The van der Waals surface area contributed by atoms with Gasteiger partial charge in [-0.25, -0.2) is 0 Å². The molecular weight excluding hydrogens is 593 g/mol. The summed E-state index contributed by atoms with van der Waals surface area (Å²) in [6, 6.07) is 69.4. The molecule has 230 valence electrons. The van der Waals surface area contributed by atoms with Crippen molar-refractivity contribution in [3.8, 4) is 66.8 Å². The molecule has 1 aromatic heterocycles. The summed E-state index contributed by atoms with van der Waals surface area (Å²) in [7, 11) is 0. The van der Waals surface area contributed by atoms with Gasteiger partial charge in [0.25, 0.3) is 0 Å². The highest BCUT2D eigenvalue weighted by Crippen LogP contribution is 2.41. The molecule has 0 bridgehead atoms. The van der Waals surface area contributed by atoms with Gasteiger partial charge in [-0.1, -0.05) is 152 Å². The van der Waals surface area contributed by atoms with Gasteiger partial charge in [-0.3, -0.25) is 0 Å². The average molecular weight is 625 g/mol. The zero-order valence-corrected chi connectivity index (χ0v) is 26.9. The molecule has 0 amide bonds. The van der Waals surface area contributed by atoms with Crippen LogP contribution in [0.25, 0.3) is 88.7 Å². The second-order valence-corrected chi connectivity index (χ2v) is 12.5. The minimum Gasteiger partial charge on any atom is -0.456 e. The van der Waals surface area contributed by atoms with Gasteiger partial charge in [0.15, 0.2) is 0 Å². The first-order valence-electron chi connectivity index (χ1n) is 16.7. The molecule has 0 spiro atoms. The Morgan fingerprint density at radius 1 is 0.245 bits per heavy atom. The minimum absolute atomic E-state index is 0.892. The first-order chi connectivity index (χ1) is 24.3. The first-order valence-corrected chi connectivity index (χ1v) is 16.7. The molecule has 0 aliphatic rings. The number of fused-ring (bicyclic) bond motifs is 3. The topological polar surface area (TPSA) is 13.1 Å². The van der Waals surface area contributed by atoms with Gasteiger partial charge in [-0.15, -0.1) is 0 Å². The summed E-state index contributed by atoms with van der Waals surface area (Å²) in [6.45, 7) is 0. The fourth-order valence-corrected chi connectivity index (χ4v) is 6.99. The highest BCUT2D eigenvalue weighted by molar-refractivity contribution is 6.13. The monoisotopic (exact) mass is 624 g/mol. The maximum atomic E-state index is 6.46. The van der Waals surface area contributed by atoms with Crippen LogP contribution >= 0.6 is 0 Å². The first kappa shape index (κ1) is 28.8. The lowest BCUT2D eigenvalue weighted by molar-refractivity contribution is 0.669. The molecule has 1 nitrogen and oxygen atoms in total. The molecule has 8 aromatic carbocycles. The largest absolute Gasteiger partial charge is 0.456 e. The van der Waals surface area contributed by atoms with Gasteiger partial charge >= 0.3 is 0 Å². The SMILES string of the molecule is c1ccc(-c2ccc(-c3cc(-c4cccc(-c5ccccc5)c4)cc(-c4cccc5oc6ccc(-c7ccccc7)cc6c45)c3)cc2)cc1. The summed E-state index contributed by atoms with van der Waals surface area (Å²) >= 11 is 0. The van der Waals surface area contributed by atoms with E-state index in [1.807, 2.05) is 0 Å². The molecule has 0 N–H and O–H groups in total. The summed E-state index contributed by atoms with van der Waals surface area (Å²) in [4.78, 5) is 0. The third-order valence-electron chi connectivity index (χ3n) is 9.47. The number of hydrogen-bond acceptors (Lipinski definition) is 1. The summed E-state index contributed by atoms with van der Waals surface area (Å²) in [5.41, 5.74) is 16.0. The average Bonchev–Trinajstić information content (AvgIpc) is 3.57. The maximum absolute atomic E-state index is 6.46. The van der Waals surface area contributed by atoms with Crippen LogP contribution in [0.5, 0.6) is 0 Å². The van der Waals surface area contributed by atoms with Crippen molar-refractivity contribution in [2.24, 2.45) is 0 Å². The van der Waals surface area contributed by atoms with E-state index in [4.69, 9.17) is 4.42 Å². The molecule has 1 heterocycles. The summed E-state index contributed by atoms with van der Waals surface area (Å²) in [5, 5.41) is 2.26. The van der Waals surface area contributed by atoms with E-state index in [9.17, 15) is 0 Å². The Hall–Kier alpha value is -6.44. The predicted octanol–water partition coefficient (Wildman–Crippen LogP) is 13.6. The summed E-state index contributed by atoms with van der Waals surface area (Å²) in [5.74, 6) is 0. The number of furan rings is 1. The van der Waals surface area contributed by atoms with Crippen molar-refractivity contribution < 1.29 is 4.42 Å². The van der Waals surface area contributed by atoms with E-state index in [2.05, 4.69) is 194 Å². The summed E-state index contributed by atoms with van der Waals surface area (Å²) < 4.78 is 6.46. The van der Waals surface area contributed by atoms with Crippen molar-refractivity contribution in [2.45, 2.75) is 0 Å². The van der Waals surface area contributed by atoms with Gasteiger partial charge in [0.1, 0.15) is 11.2 Å². The number of benzene rings is 8. The molecule has 0 aliphatic carbocycles. The molecule has 0 aliphatic heterocycles. The fraction of sp³-hybridized carbons (Fsp3) is 0. The zero-order chi connectivity index (χ0) is 32.6. The van der Waals surface area contributed by atoms with Crippen LogP contribution in [0.3, 0.4) is 0 Å². The molecule has 0 radical (unpaired) electrons. The van der Waals surface area contributed by atoms with E-state index in [0.29, 0.717) is 0 Å². The zero-order valence-electron chi connectivity index (χ0n) is 26.9. The molecule has 49 heavy (non-hydrogen) atoms. The van der Waals surface area contributed by atoms with Crippen LogP contribution in [0, 0.1) is 0 Å². The minimum atomic E-state index is 0.892. The van der Waals surface area contributed by atoms with Crippen molar-refractivity contribution >= 4 is 21.9 Å². The van der Waals surface area contributed by atoms with Crippen LogP contribution in [0.1, 0.15) is 0 Å². The van der Waals surface area contributed by atoms with E-state index >= 15 is 0 Å². The van der Waals surface area contributed by atoms with Crippen LogP contribution in [-0.2, 0) is 0 Å². The molecule has 9 aromatic rings. The molecule has 9 rings (SSSR count). The Balaban J connectivity index is 1.24. The predicted molar refractivity (Wildman–Crippen MR) is 206 cm³/mol. The van der Waals surface area contributed by atoms with E-state index in [-0.39, 0.29) is 0 Å². The van der Waals surface area contributed by atoms with Gasteiger partial charge in [-0.2, -0.15) is 0 Å². The molecule has 0 fully saturated rings. The highest BCUT2D eigenvalue weighted by atomic mass is 16.3. The molecule has 0 saturated heterocycles. The Morgan fingerprint density at radius 2 is 0.653 bits per heavy atom. The van der Waals surface area contributed by atoms with Crippen molar-refractivity contribution in [1.82, 2.24) is 0 Å². The van der Waals surface area contributed by atoms with Gasteiger partial charge in [0.2, 0.25) is 0 Å². The van der Waals surface area contributed by atoms with E-state index < -0.39 is 0 Å². The van der Waals surface area contributed by atoms with Crippen LogP contribution in [0.4, 0.5) is 0 Å². The summed E-state index contributed by atoms with van der Waals surface area (Å²) in [6.07, 6.45) is 0. The van der Waals surface area contributed by atoms with Crippen LogP contribution in [0.2, 0.25) is 0 Å². The van der Waals surface area contributed by atoms with E-state index in [1.165, 1.54) is 55.6 Å². The van der Waals surface area contributed by atoms with Crippen molar-refractivity contribution in [2.75, 3.05) is 0 Å². The third-order valence-corrected chi connectivity index (χ3v) is 9.47. The smallest absolute Gasteiger partial charge is 0.136 e. The van der Waals surface area contributed by atoms with Crippen LogP contribution in [-0.4, -0.2) is 0 Å². The normalized spacial score (nSPS) is 11.3. The van der Waals surface area contributed by atoms with E-state index in [1.54, 1.807) is 0 Å². The molecule has 0 atom stereocenters. The number of rotatable bonds is 6. The molecule has 0 saturated carbocycles. The lowest BCUT2D eigenvalue weighted by Crippen LogP contribution is -1.88. The molecular formula is C48H32O. The van der Waals surface area contributed by atoms with Crippen molar-refractivity contribution in [3.63, 3.8) is 0 Å². The second-order valence-electron chi connectivity index (χ2n) is 12.5. The maximum Gasteiger partial charge on any atom is 0.136 e. The van der Waals surface area contributed by atoms with Gasteiger partial charge < -0.3 is 4.42 Å². The quantitative estimate of drug-likeness (QED) is 0.179. The van der Waals surface area contributed by atoms with Gasteiger partial charge in [-0.05, 0) is 109 Å². The highest BCUT2D eigenvalue weighted by Gasteiger charge is 2.16. The van der Waals surface area contributed by atoms with Gasteiger partial charge in [0.05, 0.1) is 0 Å². The van der Waals surface area contributed by atoms with Gasteiger partial charge in [0, 0.05) is 10.8 Å². The van der Waals surface area contributed by atoms with E-state index in [0.717, 1.165) is 33.1 Å². The Morgan fingerprint density at radius 3 is 1.29 bits per heavy atom. The second kappa shape index (κ2) is 12.3. The Labute approximate surface area is 286 Å². The standard InChI is InChI=1S/C48H32O/c1-4-12-33(13-5-1)36-22-24-37(25-23-36)41-29-42(39-19-10-18-38(28-39)34-14-6-2-7-15-34)31-43(30-41)44-20-11-21-47-48(44)45-32-40(26-27-46(45)49-47)35-16-8-3-9-17-35/h1-32H. The van der Waals surface area contributed by atoms with Crippen molar-refractivity contribution in [3.05, 3.63) is 194 Å². The lowest BCUT2D eigenvalue weighted by atomic mass is 9.90.